The number of amides is 1. The number of piperazine rings is 1. The highest BCUT2D eigenvalue weighted by atomic mass is 16.3. The molecule has 0 aromatic heterocycles. The lowest BCUT2D eigenvalue weighted by Crippen LogP contribution is -2.56. The number of nitriles is 1. The summed E-state index contributed by atoms with van der Waals surface area (Å²) in [4.78, 5) is 15.2. The van der Waals surface area contributed by atoms with E-state index in [2.05, 4.69) is 18.3 Å². The summed E-state index contributed by atoms with van der Waals surface area (Å²) in [5.74, 6) is 6.82. The summed E-state index contributed by atoms with van der Waals surface area (Å²) in [7, 11) is 0. The van der Waals surface area contributed by atoms with Gasteiger partial charge in [-0.05, 0) is 68.8 Å². The molecule has 1 aromatic carbocycles. The third-order valence-electron chi connectivity index (χ3n) is 6.54. The quantitative estimate of drug-likeness (QED) is 0.0941. The smallest absolute Gasteiger partial charge is 0.271 e. The van der Waals surface area contributed by atoms with E-state index in [0.717, 1.165) is 63.5 Å². The van der Waals surface area contributed by atoms with Crippen LogP contribution < -0.4 is 16.9 Å². The summed E-state index contributed by atoms with van der Waals surface area (Å²) in [6.45, 7) is 16.6. The Hall–Kier alpha value is -2.44. The number of rotatable bonds is 15. The Morgan fingerprint density at radius 2 is 1.75 bits per heavy atom. The van der Waals surface area contributed by atoms with Crippen molar-refractivity contribution in [1.82, 2.24) is 15.2 Å². The van der Waals surface area contributed by atoms with Crippen molar-refractivity contribution in [3.05, 3.63) is 47.2 Å². The molecule has 0 radical (unpaired) electrons. The van der Waals surface area contributed by atoms with Crippen LogP contribution in [0.3, 0.4) is 0 Å². The first-order valence-electron chi connectivity index (χ1n) is 15.6. The third-order valence-corrected chi connectivity index (χ3v) is 6.54. The number of hydrogen-bond acceptors (Lipinski definition) is 7. The van der Waals surface area contributed by atoms with Crippen LogP contribution >= 0.6 is 0 Å². The van der Waals surface area contributed by atoms with Crippen LogP contribution in [0.4, 0.5) is 0 Å². The molecule has 1 amide bonds. The Labute approximate surface area is 245 Å². The molecule has 40 heavy (non-hydrogen) atoms. The maximum absolute atomic E-state index is 13.3. The van der Waals surface area contributed by atoms with Gasteiger partial charge < -0.3 is 20.7 Å². The average Bonchev–Trinajstić information content (AvgIpc) is 3.01. The molecule has 0 aliphatic carbocycles. The fourth-order valence-corrected chi connectivity index (χ4v) is 4.40. The van der Waals surface area contributed by atoms with E-state index < -0.39 is 0 Å². The van der Waals surface area contributed by atoms with E-state index in [4.69, 9.17) is 21.9 Å². The van der Waals surface area contributed by atoms with Crippen molar-refractivity contribution in [3.63, 3.8) is 0 Å². The standard InChI is InChI=1S/C26H42N6O2.3C2H6/c1-2-3-4-8-24-19-31(18-23-12-10-22(17-28)11-13-23)26(34)25(32(24)29)9-6-5-7-21(16-27)14-15-30-20-33;3*1-2/h9-13,21,24,30,33H,2-8,14-16,18-20,27,29H2,1H3;3*1-2H3/b25-9-;;;. The highest BCUT2D eigenvalue weighted by Crippen LogP contribution is 2.24. The van der Waals surface area contributed by atoms with E-state index in [0.29, 0.717) is 36.8 Å². The zero-order valence-electron chi connectivity index (χ0n) is 26.6. The van der Waals surface area contributed by atoms with Gasteiger partial charge in [0, 0.05) is 13.1 Å². The largest absolute Gasteiger partial charge is 0.381 e. The van der Waals surface area contributed by atoms with Gasteiger partial charge in [0.25, 0.3) is 5.91 Å². The lowest BCUT2D eigenvalue weighted by molar-refractivity contribution is -0.134. The van der Waals surface area contributed by atoms with Crippen molar-refractivity contribution in [2.24, 2.45) is 17.5 Å². The maximum atomic E-state index is 13.3. The van der Waals surface area contributed by atoms with Gasteiger partial charge in [-0.1, -0.05) is 85.9 Å². The summed E-state index contributed by atoms with van der Waals surface area (Å²) in [5, 5.41) is 22.5. The highest BCUT2D eigenvalue weighted by Gasteiger charge is 2.34. The number of unbranched alkanes of at least 4 members (excludes halogenated alkanes) is 3. The predicted molar refractivity (Wildman–Crippen MR) is 169 cm³/mol. The van der Waals surface area contributed by atoms with E-state index in [1.54, 1.807) is 17.1 Å². The summed E-state index contributed by atoms with van der Waals surface area (Å²) in [6, 6.07) is 9.63. The molecule has 1 aromatic rings. The predicted octanol–water partition coefficient (Wildman–Crippen LogP) is 5.66. The van der Waals surface area contributed by atoms with Crippen LogP contribution in [0.5, 0.6) is 0 Å². The van der Waals surface area contributed by atoms with E-state index in [1.807, 2.05) is 64.7 Å². The molecule has 0 bridgehead atoms. The molecule has 2 rings (SSSR count). The van der Waals surface area contributed by atoms with E-state index in [9.17, 15) is 4.79 Å². The van der Waals surface area contributed by atoms with Crippen LogP contribution in [0, 0.1) is 17.2 Å². The number of nitrogens with zero attached hydrogens (tertiary/aromatic N) is 3. The zero-order valence-corrected chi connectivity index (χ0v) is 26.6. The van der Waals surface area contributed by atoms with Gasteiger partial charge in [-0.15, -0.1) is 0 Å². The average molecular weight is 561 g/mol. The molecule has 2 atom stereocenters. The number of nitrogens with one attached hydrogen (secondary N) is 1. The van der Waals surface area contributed by atoms with Crippen molar-refractivity contribution in [2.45, 2.75) is 112 Å². The zero-order chi connectivity index (χ0) is 30.8. The lowest BCUT2D eigenvalue weighted by Gasteiger charge is -2.41. The minimum atomic E-state index is -0.0406. The fraction of sp³-hybridized carbons (Fsp3) is 0.688. The van der Waals surface area contributed by atoms with Crippen LogP contribution in [0.15, 0.2) is 36.0 Å². The number of allylic oxidation sites excluding steroid dienone is 1. The van der Waals surface area contributed by atoms with Crippen molar-refractivity contribution in [1.29, 1.82) is 5.26 Å². The first-order chi connectivity index (χ1) is 19.5. The number of benzene rings is 1. The molecule has 1 aliphatic rings. The van der Waals surface area contributed by atoms with E-state index in [1.165, 1.54) is 0 Å². The number of aliphatic hydroxyl groups is 1. The van der Waals surface area contributed by atoms with E-state index >= 15 is 0 Å². The third kappa shape index (κ3) is 15.4. The molecular formula is C32H60N6O2. The van der Waals surface area contributed by atoms with Crippen LogP contribution in [0.1, 0.15) is 111 Å². The molecule has 2 unspecified atom stereocenters. The molecule has 1 saturated heterocycles. The lowest BCUT2D eigenvalue weighted by atomic mass is 9.97. The number of hydrazine groups is 1. The molecule has 0 spiro atoms. The van der Waals surface area contributed by atoms with Gasteiger partial charge in [0.15, 0.2) is 0 Å². The Bertz CT molecular complexity index is 807. The Balaban J connectivity index is 0. The molecule has 230 valence electrons. The Kier molecular flexibility index (Phi) is 26.6. The first kappa shape index (κ1) is 39.7. The Morgan fingerprint density at radius 3 is 2.30 bits per heavy atom. The van der Waals surface area contributed by atoms with Crippen molar-refractivity contribution in [3.8, 4) is 6.07 Å². The molecule has 0 saturated carbocycles. The molecule has 8 nitrogen and oxygen atoms in total. The van der Waals surface area contributed by atoms with Crippen LogP contribution in [0.25, 0.3) is 0 Å². The van der Waals surface area contributed by atoms with Gasteiger partial charge in [0.05, 0.1) is 24.4 Å². The molecule has 1 aliphatic heterocycles. The fourth-order valence-electron chi connectivity index (χ4n) is 4.40. The van der Waals surface area contributed by atoms with Gasteiger partial charge >= 0.3 is 0 Å². The first-order valence-corrected chi connectivity index (χ1v) is 15.6. The molecular weight excluding hydrogens is 500 g/mol. The second-order valence-corrected chi connectivity index (χ2v) is 9.12. The second-order valence-electron chi connectivity index (χ2n) is 9.12. The number of hydrogen-bond donors (Lipinski definition) is 4. The van der Waals surface area contributed by atoms with Gasteiger partial charge in [-0.3, -0.25) is 10.1 Å². The number of nitrogens with two attached hydrogens (primary N) is 2. The molecule has 1 heterocycles. The maximum Gasteiger partial charge on any atom is 0.271 e. The van der Waals surface area contributed by atoms with Crippen LogP contribution in [-0.2, 0) is 11.3 Å². The topological polar surface area (TPSA) is 132 Å². The second kappa shape index (κ2) is 26.8. The van der Waals surface area contributed by atoms with Crippen molar-refractivity contribution >= 4 is 5.91 Å². The SMILES string of the molecule is CC.CC.CC.CCCCCC1CN(Cc2ccc(C#N)cc2)C(=O)/C(=C/CCCC(CN)CCNCO)N1N. The number of aliphatic hydroxyl groups excluding tert-OH is 1. The number of carbonyl (C=O) groups is 1. The highest BCUT2D eigenvalue weighted by molar-refractivity contribution is 5.93. The Morgan fingerprint density at radius 1 is 1.10 bits per heavy atom. The summed E-state index contributed by atoms with van der Waals surface area (Å²) < 4.78 is 0. The van der Waals surface area contributed by atoms with Crippen molar-refractivity contribution in [2.75, 3.05) is 26.4 Å². The van der Waals surface area contributed by atoms with Gasteiger partial charge in [0.2, 0.25) is 0 Å². The molecule has 6 N–H and O–H groups in total. The minimum Gasteiger partial charge on any atom is -0.381 e. The molecule has 1 fully saturated rings. The van der Waals surface area contributed by atoms with Gasteiger partial charge in [-0.25, -0.2) is 5.84 Å². The van der Waals surface area contributed by atoms with Crippen molar-refractivity contribution < 1.29 is 9.90 Å². The van der Waals surface area contributed by atoms with Crippen LogP contribution in [0.2, 0.25) is 0 Å². The normalized spacial score (nSPS) is 16.1. The van der Waals surface area contributed by atoms with Gasteiger partial charge in [-0.2, -0.15) is 5.26 Å². The van der Waals surface area contributed by atoms with Gasteiger partial charge in [0.1, 0.15) is 5.70 Å². The molecule has 8 heteroatoms. The number of carbonyl (C=O) groups excluding carboxylic acids is 1. The summed E-state index contributed by atoms with van der Waals surface area (Å²) in [6.07, 6.45) is 9.91. The monoisotopic (exact) mass is 560 g/mol. The van der Waals surface area contributed by atoms with Crippen LogP contribution in [-0.4, -0.2) is 53.3 Å². The van der Waals surface area contributed by atoms with E-state index in [-0.39, 0.29) is 18.7 Å². The summed E-state index contributed by atoms with van der Waals surface area (Å²) >= 11 is 0. The minimum absolute atomic E-state index is 0.0176. The summed E-state index contributed by atoms with van der Waals surface area (Å²) in [5.41, 5.74) is 8.09.